The van der Waals surface area contributed by atoms with Gasteiger partial charge in [0.15, 0.2) is 0 Å². The van der Waals surface area contributed by atoms with Crippen molar-refractivity contribution in [1.29, 1.82) is 0 Å². The molecule has 0 heterocycles. The predicted octanol–water partition coefficient (Wildman–Crippen LogP) is 5.69. The van der Waals surface area contributed by atoms with Crippen molar-refractivity contribution in [3.8, 4) is 0 Å². The Labute approximate surface area is 270 Å². The molecular weight excluding hydrogens is 558 g/mol. The Morgan fingerprint density at radius 1 is 0.568 bits per heavy atom. The molecule has 5 atom stereocenters. The normalized spacial score (nSPS) is 15.1. The van der Waals surface area contributed by atoms with Crippen LogP contribution < -0.4 is 16.0 Å². The second-order valence-electron chi connectivity index (χ2n) is 12.9. The van der Waals surface area contributed by atoms with E-state index in [1.807, 2.05) is 6.92 Å². The Balaban J connectivity index is 3.75. The van der Waals surface area contributed by atoms with E-state index in [1.165, 1.54) is 122 Å². The lowest BCUT2D eigenvalue weighted by Crippen LogP contribution is -2.54. The number of nitrogens with one attached hydrogen (secondary N) is 3. The number of carbonyl (C=O) groups is 1. The van der Waals surface area contributed by atoms with Gasteiger partial charge >= 0.3 is 6.03 Å². The summed E-state index contributed by atoms with van der Waals surface area (Å²) in [6.45, 7) is 4.22. The third-order valence-electron chi connectivity index (χ3n) is 8.68. The number of amides is 2. The summed E-state index contributed by atoms with van der Waals surface area (Å²) in [6, 6.07) is -1.07. The van der Waals surface area contributed by atoms with Crippen LogP contribution in [-0.4, -0.2) is 88.3 Å². The van der Waals surface area contributed by atoms with E-state index >= 15 is 0 Å². The molecule has 5 unspecified atom stereocenters. The molecule has 0 aromatic carbocycles. The number of urea groups is 1. The highest BCUT2D eigenvalue weighted by Gasteiger charge is 2.24. The van der Waals surface area contributed by atoms with Gasteiger partial charge in [-0.2, -0.15) is 0 Å². The number of hydrogen-bond donors (Lipinski definition) is 8. The summed E-state index contributed by atoms with van der Waals surface area (Å²) < 4.78 is 0. The van der Waals surface area contributed by atoms with Crippen molar-refractivity contribution in [2.75, 3.05) is 26.2 Å². The van der Waals surface area contributed by atoms with Crippen LogP contribution in [0.5, 0.6) is 0 Å². The smallest absolute Gasteiger partial charge is 0.315 e. The fourth-order valence-corrected chi connectivity index (χ4v) is 5.52. The molecule has 0 saturated carbocycles. The number of hydrogen-bond acceptors (Lipinski definition) is 7. The van der Waals surface area contributed by atoms with Gasteiger partial charge in [-0.3, -0.25) is 0 Å². The van der Waals surface area contributed by atoms with Crippen molar-refractivity contribution in [2.45, 2.75) is 192 Å². The summed E-state index contributed by atoms with van der Waals surface area (Å²) in [4.78, 5) is 12.4. The summed E-state index contributed by atoms with van der Waals surface area (Å²) in [7, 11) is 0. The summed E-state index contributed by atoms with van der Waals surface area (Å²) in [5.74, 6) is 0. The quantitative estimate of drug-likeness (QED) is 0.0433. The van der Waals surface area contributed by atoms with Gasteiger partial charge in [-0.25, -0.2) is 4.79 Å². The Morgan fingerprint density at radius 2 is 1.00 bits per heavy atom. The van der Waals surface area contributed by atoms with Gasteiger partial charge in [0.2, 0.25) is 0 Å². The van der Waals surface area contributed by atoms with Gasteiger partial charge in [0.05, 0.1) is 31.0 Å². The van der Waals surface area contributed by atoms with Crippen LogP contribution in [0.4, 0.5) is 4.79 Å². The molecule has 0 rings (SSSR count). The van der Waals surface area contributed by atoms with E-state index in [-0.39, 0.29) is 25.5 Å². The fourth-order valence-electron chi connectivity index (χ4n) is 5.52. The molecule has 44 heavy (non-hydrogen) atoms. The van der Waals surface area contributed by atoms with E-state index in [1.54, 1.807) is 0 Å². The first kappa shape index (κ1) is 43.0. The predicted molar refractivity (Wildman–Crippen MR) is 182 cm³/mol. The van der Waals surface area contributed by atoms with Gasteiger partial charge < -0.3 is 41.5 Å². The van der Waals surface area contributed by atoms with Crippen LogP contribution in [0, 0.1) is 0 Å². The maximum atomic E-state index is 12.4. The van der Waals surface area contributed by atoms with Gasteiger partial charge in [0.25, 0.3) is 0 Å². The Hall–Kier alpha value is -0.970. The molecule has 0 radical (unpaired) electrons. The SMILES string of the molecule is CCCCCCCCCCCCCCCCCCCCCCCNC(=O)NC(CNCC(O)C(O)CO)C(O)CC(O)CC. The van der Waals surface area contributed by atoms with Gasteiger partial charge in [0.1, 0.15) is 6.10 Å². The van der Waals surface area contributed by atoms with E-state index in [0.29, 0.717) is 13.0 Å². The maximum absolute atomic E-state index is 12.4. The van der Waals surface area contributed by atoms with Crippen molar-refractivity contribution in [2.24, 2.45) is 0 Å². The fraction of sp³-hybridized carbons (Fsp3) is 0.971. The van der Waals surface area contributed by atoms with Crippen LogP contribution in [0.3, 0.4) is 0 Å². The van der Waals surface area contributed by atoms with Crippen molar-refractivity contribution in [3.05, 3.63) is 0 Å². The lowest BCUT2D eigenvalue weighted by molar-refractivity contribution is -0.0137. The zero-order valence-electron chi connectivity index (χ0n) is 28.6. The third-order valence-corrected chi connectivity index (χ3v) is 8.68. The lowest BCUT2D eigenvalue weighted by atomic mass is 10.0. The molecule has 9 nitrogen and oxygen atoms in total. The first-order chi connectivity index (χ1) is 21.3. The van der Waals surface area contributed by atoms with E-state index in [4.69, 9.17) is 5.11 Å². The zero-order chi connectivity index (χ0) is 32.7. The van der Waals surface area contributed by atoms with Crippen LogP contribution in [0.25, 0.3) is 0 Å². The molecule has 2 amide bonds. The molecule has 0 spiro atoms. The van der Waals surface area contributed by atoms with Crippen molar-refractivity contribution < 1.29 is 30.3 Å². The molecule has 0 aliphatic rings. The van der Waals surface area contributed by atoms with E-state index in [9.17, 15) is 25.2 Å². The Kier molecular flexibility index (Phi) is 31.3. The van der Waals surface area contributed by atoms with Crippen LogP contribution in [-0.2, 0) is 0 Å². The topological polar surface area (TPSA) is 154 Å². The van der Waals surface area contributed by atoms with Gasteiger partial charge in [0, 0.05) is 26.1 Å². The number of aliphatic hydroxyl groups excluding tert-OH is 5. The molecule has 9 heteroatoms. The minimum absolute atomic E-state index is 0.00990. The molecule has 0 bridgehead atoms. The standard InChI is InChI=1S/C35H73N3O6/c1-3-5-6-7-8-9-10-11-12-13-14-15-16-17-18-19-20-21-22-23-24-25-37-35(44)38-31(32(41)26-30(40)4-2)27-36-28-33(42)34(43)29-39/h30-34,36,39-43H,3-29H2,1-2H3,(H2,37,38,44). The number of carbonyl (C=O) groups excluding carboxylic acids is 1. The lowest BCUT2D eigenvalue weighted by Gasteiger charge is -2.27. The van der Waals surface area contributed by atoms with E-state index in [2.05, 4.69) is 22.9 Å². The molecule has 8 N–H and O–H groups in total. The largest absolute Gasteiger partial charge is 0.394 e. The molecule has 0 aromatic heterocycles. The average Bonchev–Trinajstić information content (AvgIpc) is 3.02. The van der Waals surface area contributed by atoms with Crippen LogP contribution >= 0.6 is 0 Å². The highest BCUT2D eigenvalue weighted by Crippen LogP contribution is 2.15. The zero-order valence-corrected chi connectivity index (χ0v) is 28.6. The highest BCUT2D eigenvalue weighted by atomic mass is 16.4. The number of unbranched alkanes of at least 4 members (excludes halogenated alkanes) is 20. The second kappa shape index (κ2) is 32.0. The minimum Gasteiger partial charge on any atom is -0.394 e. The first-order valence-electron chi connectivity index (χ1n) is 18.4. The monoisotopic (exact) mass is 632 g/mol. The van der Waals surface area contributed by atoms with Gasteiger partial charge in [-0.05, 0) is 12.8 Å². The van der Waals surface area contributed by atoms with Crippen molar-refractivity contribution >= 4 is 6.03 Å². The van der Waals surface area contributed by atoms with Gasteiger partial charge in [-0.15, -0.1) is 0 Å². The summed E-state index contributed by atoms with van der Waals surface area (Å²) in [5.41, 5.74) is 0. The van der Waals surface area contributed by atoms with Crippen LogP contribution in [0.2, 0.25) is 0 Å². The van der Waals surface area contributed by atoms with Crippen molar-refractivity contribution in [1.82, 2.24) is 16.0 Å². The van der Waals surface area contributed by atoms with Crippen LogP contribution in [0.1, 0.15) is 162 Å². The molecule has 0 aliphatic carbocycles. The molecule has 0 aliphatic heterocycles. The molecule has 264 valence electrons. The summed E-state index contributed by atoms with van der Waals surface area (Å²) in [5, 5.41) is 57.2. The first-order valence-corrected chi connectivity index (χ1v) is 18.4. The number of rotatable bonds is 33. The molecule has 0 saturated heterocycles. The van der Waals surface area contributed by atoms with E-state index < -0.39 is 37.1 Å². The minimum atomic E-state index is -1.27. The van der Waals surface area contributed by atoms with Crippen molar-refractivity contribution in [3.63, 3.8) is 0 Å². The number of aliphatic hydroxyl groups is 5. The average molecular weight is 632 g/mol. The van der Waals surface area contributed by atoms with Crippen LogP contribution in [0.15, 0.2) is 0 Å². The Morgan fingerprint density at radius 3 is 1.41 bits per heavy atom. The maximum Gasteiger partial charge on any atom is 0.315 e. The van der Waals surface area contributed by atoms with E-state index in [0.717, 1.165) is 12.8 Å². The summed E-state index contributed by atoms with van der Waals surface area (Å²) >= 11 is 0. The molecular formula is C35H73N3O6. The Bertz CT molecular complexity index is 615. The summed E-state index contributed by atoms with van der Waals surface area (Å²) in [6.07, 6.45) is 24.6. The third kappa shape index (κ3) is 27.3. The molecule has 0 aromatic rings. The highest BCUT2D eigenvalue weighted by molar-refractivity contribution is 5.74. The second-order valence-corrected chi connectivity index (χ2v) is 12.9. The molecule has 0 fully saturated rings. The van der Waals surface area contributed by atoms with Gasteiger partial charge in [-0.1, -0.05) is 142 Å².